The van der Waals surface area contributed by atoms with Crippen LogP contribution in [0.15, 0.2) is 47.4 Å². The molecular weight excluding hydrogens is 468 g/mol. The molecule has 0 atom stereocenters. The van der Waals surface area contributed by atoms with Crippen molar-refractivity contribution >= 4 is 54.2 Å². The normalized spacial score (nSPS) is 12.1. The Labute approximate surface area is 198 Å². The van der Waals surface area contributed by atoms with Crippen molar-refractivity contribution in [2.45, 2.75) is 18.7 Å². The van der Waals surface area contributed by atoms with Gasteiger partial charge in [-0.3, -0.25) is 9.69 Å². The van der Waals surface area contributed by atoms with Gasteiger partial charge in [-0.15, -0.1) is 0 Å². The van der Waals surface area contributed by atoms with E-state index in [0.717, 1.165) is 22.1 Å². The van der Waals surface area contributed by atoms with Crippen LogP contribution in [0.4, 0.5) is 5.13 Å². The second-order valence-electron chi connectivity index (χ2n) is 7.38. The molecule has 1 amide bonds. The fourth-order valence-corrected chi connectivity index (χ4v) is 5.41. The molecule has 0 aliphatic rings. The Bertz CT molecular complexity index is 1190. The van der Waals surface area contributed by atoms with Gasteiger partial charge in [-0.2, -0.15) is 0 Å². The second-order valence-corrected chi connectivity index (χ2v) is 10.9. The van der Waals surface area contributed by atoms with E-state index in [2.05, 4.69) is 23.7 Å². The summed E-state index contributed by atoms with van der Waals surface area (Å²) in [7, 11) is -0.618. The lowest BCUT2D eigenvalue weighted by atomic mass is 10.2. The van der Waals surface area contributed by atoms with Crippen LogP contribution < -0.4 is 4.90 Å². The topological polar surface area (TPSA) is 73.8 Å². The molecule has 0 N–H and O–H groups in total. The molecule has 32 heavy (non-hydrogen) atoms. The summed E-state index contributed by atoms with van der Waals surface area (Å²) in [5.41, 5.74) is 1.06. The average Bonchev–Trinajstić information content (AvgIpc) is 3.22. The molecule has 0 radical (unpaired) electrons. The van der Waals surface area contributed by atoms with Crippen LogP contribution in [0.1, 0.15) is 24.2 Å². The minimum Gasteiger partial charge on any atom is -0.302 e. The summed E-state index contributed by atoms with van der Waals surface area (Å²) < 4.78 is 26.7. The molecule has 1 aromatic heterocycles. The van der Waals surface area contributed by atoms with E-state index in [0.29, 0.717) is 34.3 Å². The molecule has 172 valence electrons. The molecule has 1 heterocycles. The van der Waals surface area contributed by atoms with Gasteiger partial charge in [0.25, 0.3) is 5.91 Å². The van der Waals surface area contributed by atoms with Crippen LogP contribution in [0.3, 0.4) is 0 Å². The maximum Gasteiger partial charge on any atom is 0.260 e. The number of rotatable bonds is 9. The third kappa shape index (κ3) is 5.13. The van der Waals surface area contributed by atoms with E-state index in [1.807, 2.05) is 12.1 Å². The van der Waals surface area contributed by atoms with Crippen molar-refractivity contribution in [1.29, 1.82) is 0 Å². The molecule has 7 nitrogen and oxygen atoms in total. The van der Waals surface area contributed by atoms with Gasteiger partial charge in [-0.05, 0) is 49.5 Å². The quantitative estimate of drug-likeness (QED) is 0.446. The highest BCUT2D eigenvalue weighted by Crippen LogP contribution is 2.33. The zero-order valence-corrected chi connectivity index (χ0v) is 21.0. The van der Waals surface area contributed by atoms with Gasteiger partial charge in [-0.25, -0.2) is 17.7 Å². The van der Waals surface area contributed by atoms with Crippen molar-refractivity contribution in [1.82, 2.24) is 14.2 Å². The molecule has 0 aliphatic carbocycles. The summed E-state index contributed by atoms with van der Waals surface area (Å²) in [5.74, 6) is -0.235. The third-order valence-electron chi connectivity index (χ3n) is 5.25. The molecule has 10 heteroatoms. The number of benzene rings is 2. The van der Waals surface area contributed by atoms with E-state index in [9.17, 15) is 13.2 Å². The van der Waals surface area contributed by atoms with Crippen LogP contribution >= 0.6 is 22.9 Å². The number of likely N-dealkylation sites (N-methyl/N-ethyl adjacent to an activating group) is 1. The fraction of sp³-hybridized carbons (Fsp3) is 0.364. The van der Waals surface area contributed by atoms with Crippen LogP contribution in [0.5, 0.6) is 0 Å². The van der Waals surface area contributed by atoms with E-state index >= 15 is 0 Å². The lowest BCUT2D eigenvalue weighted by Crippen LogP contribution is -2.38. The number of halogens is 1. The highest BCUT2D eigenvalue weighted by molar-refractivity contribution is 7.89. The van der Waals surface area contributed by atoms with E-state index in [1.54, 1.807) is 23.1 Å². The van der Waals surface area contributed by atoms with Crippen LogP contribution in [0, 0.1) is 0 Å². The SMILES string of the molecule is CCN(CC)CCN(C(=O)c1ccc(S(=O)(=O)N(C)C)cc1)c1nc2c(Cl)cccc2s1. The Morgan fingerprint density at radius 1 is 1.03 bits per heavy atom. The molecule has 2 aromatic carbocycles. The number of hydrogen-bond acceptors (Lipinski definition) is 6. The standard InChI is InChI=1S/C22H27ClN4O3S2/c1-5-26(6-2)14-15-27(22-24-20-18(23)8-7-9-19(20)31-22)21(28)16-10-12-17(13-11-16)32(29,30)25(3)4/h7-13H,5-6,14-15H2,1-4H3. The Morgan fingerprint density at radius 3 is 2.25 bits per heavy atom. The number of amides is 1. The van der Waals surface area contributed by atoms with Gasteiger partial charge in [0.2, 0.25) is 10.0 Å². The number of carbonyl (C=O) groups excluding carboxylic acids is 1. The van der Waals surface area contributed by atoms with Gasteiger partial charge in [0.1, 0.15) is 5.52 Å². The molecule has 0 fully saturated rings. The lowest BCUT2D eigenvalue weighted by molar-refractivity contribution is 0.0983. The number of carbonyl (C=O) groups is 1. The number of nitrogens with zero attached hydrogens (tertiary/aromatic N) is 4. The van der Waals surface area contributed by atoms with Crippen LogP contribution in [0.25, 0.3) is 10.2 Å². The van der Waals surface area contributed by atoms with Gasteiger partial charge >= 0.3 is 0 Å². The molecule has 0 bridgehead atoms. The summed E-state index contributed by atoms with van der Waals surface area (Å²) >= 11 is 7.71. The third-order valence-corrected chi connectivity index (χ3v) is 8.43. The number of thiazole rings is 1. The van der Waals surface area contributed by atoms with E-state index < -0.39 is 10.0 Å². The minimum absolute atomic E-state index is 0.139. The van der Waals surface area contributed by atoms with Crippen molar-refractivity contribution in [3.8, 4) is 0 Å². The summed E-state index contributed by atoms with van der Waals surface area (Å²) in [4.78, 5) is 22.1. The zero-order chi connectivity index (χ0) is 23.5. The Morgan fingerprint density at radius 2 is 1.69 bits per heavy atom. The molecular formula is C22H27ClN4O3S2. The molecule has 0 aliphatic heterocycles. The number of sulfonamides is 1. The molecule has 0 saturated heterocycles. The maximum absolute atomic E-state index is 13.5. The minimum atomic E-state index is -3.57. The van der Waals surface area contributed by atoms with E-state index in [4.69, 9.17) is 11.6 Å². The van der Waals surface area contributed by atoms with Crippen molar-refractivity contribution in [3.05, 3.63) is 53.1 Å². The smallest absolute Gasteiger partial charge is 0.260 e. The van der Waals surface area contributed by atoms with Gasteiger partial charge in [0, 0.05) is 32.7 Å². The lowest BCUT2D eigenvalue weighted by Gasteiger charge is -2.25. The number of aromatic nitrogens is 1. The summed E-state index contributed by atoms with van der Waals surface area (Å²) in [6.45, 7) is 7.06. The Kier molecular flexibility index (Phi) is 7.89. The van der Waals surface area contributed by atoms with Crippen molar-refractivity contribution in [2.24, 2.45) is 0 Å². The van der Waals surface area contributed by atoms with Gasteiger partial charge in [0.05, 0.1) is 14.6 Å². The predicted octanol–water partition coefficient (Wildman–Crippen LogP) is 4.19. The van der Waals surface area contributed by atoms with Crippen LogP contribution in [-0.2, 0) is 10.0 Å². The second kappa shape index (κ2) is 10.3. The molecule has 0 saturated carbocycles. The fourth-order valence-electron chi connectivity index (χ4n) is 3.22. The highest BCUT2D eigenvalue weighted by Gasteiger charge is 2.24. The summed E-state index contributed by atoms with van der Waals surface area (Å²) in [6.07, 6.45) is 0. The predicted molar refractivity (Wildman–Crippen MR) is 131 cm³/mol. The number of anilines is 1. The van der Waals surface area contributed by atoms with Crippen LogP contribution in [-0.4, -0.2) is 68.8 Å². The van der Waals surface area contributed by atoms with E-state index in [-0.39, 0.29) is 10.8 Å². The number of fused-ring (bicyclic) bond motifs is 1. The number of hydrogen-bond donors (Lipinski definition) is 0. The summed E-state index contributed by atoms with van der Waals surface area (Å²) in [5, 5.41) is 1.11. The average molecular weight is 495 g/mol. The van der Waals surface area contributed by atoms with Crippen LogP contribution in [0.2, 0.25) is 5.02 Å². The maximum atomic E-state index is 13.5. The first-order valence-electron chi connectivity index (χ1n) is 10.3. The molecule has 0 unspecified atom stereocenters. The molecule has 0 spiro atoms. The van der Waals surface area contributed by atoms with Gasteiger partial charge in [-0.1, -0.05) is 42.9 Å². The van der Waals surface area contributed by atoms with Gasteiger partial charge in [0.15, 0.2) is 5.13 Å². The highest BCUT2D eigenvalue weighted by atomic mass is 35.5. The first-order chi connectivity index (χ1) is 15.2. The summed E-state index contributed by atoms with van der Waals surface area (Å²) in [6, 6.07) is 11.6. The first kappa shape index (κ1) is 24.6. The monoisotopic (exact) mass is 494 g/mol. The molecule has 3 rings (SSSR count). The zero-order valence-electron chi connectivity index (χ0n) is 18.6. The van der Waals surface area contributed by atoms with E-state index in [1.165, 1.54) is 37.6 Å². The Hall–Kier alpha value is -2.04. The largest absolute Gasteiger partial charge is 0.302 e. The number of para-hydroxylation sites is 1. The van der Waals surface area contributed by atoms with Crippen molar-refractivity contribution in [2.75, 3.05) is 45.2 Å². The van der Waals surface area contributed by atoms with Crippen molar-refractivity contribution in [3.63, 3.8) is 0 Å². The first-order valence-corrected chi connectivity index (χ1v) is 12.9. The van der Waals surface area contributed by atoms with Gasteiger partial charge < -0.3 is 4.90 Å². The van der Waals surface area contributed by atoms with Crippen molar-refractivity contribution < 1.29 is 13.2 Å². The molecule has 3 aromatic rings. The Balaban J connectivity index is 1.96.